The van der Waals surface area contributed by atoms with Crippen molar-refractivity contribution in [1.82, 2.24) is 9.97 Å². The second-order valence-corrected chi connectivity index (χ2v) is 12.1. The minimum absolute atomic E-state index is 0.121. The van der Waals surface area contributed by atoms with Crippen LogP contribution in [-0.2, 0) is 5.41 Å². The van der Waals surface area contributed by atoms with Crippen LogP contribution in [0.15, 0.2) is 89.5 Å². The van der Waals surface area contributed by atoms with E-state index in [2.05, 4.69) is 107 Å². The molecule has 0 aliphatic carbocycles. The minimum atomic E-state index is 0.121. The molecule has 0 N–H and O–H groups in total. The first kappa shape index (κ1) is 24.5. The van der Waals surface area contributed by atoms with Gasteiger partial charge in [0.05, 0.1) is 5.69 Å². The molecular weight excluding hydrogens is 488 g/mol. The van der Waals surface area contributed by atoms with Crippen molar-refractivity contribution in [2.75, 3.05) is 0 Å². The molecule has 0 aliphatic heterocycles. The number of nitrogens with zero attached hydrogens (tertiary/aromatic N) is 2. The average molecular weight is 521 g/mol. The maximum Gasteiger partial charge on any atom is 0.161 e. The summed E-state index contributed by atoms with van der Waals surface area (Å²) in [5, 5.41) is 5.77. The van der Waals surface area contributed by atoms with Crippen LogP contribution in [0.1, 0.15) is 43.2 Å². The zero-order valence-electron chi connectivity index (χ0n) is 23.9. The third-order valence-corrected chi connectivity index (χ3v) is 8.18. The van der Waals surface area contributed by atoms with Crippen LogP contribution in [0.25, 0.3) is 66.0 Å². The SMILES string of the molecule is Cc1ccc2ccc3c4cccc(-c5cc(-c6cc7ccc(C(C)(C)C)cc7cc6C)c(C)cn5)c4oc3c2n1. The standard InChI is InChI=1S/C37H32N2O/c1-21-16-26-17-27(37(4,5)6)14-12-25(26)18-31(21)32-19-33(38-20-22(32)2)30-9-7-8-28-29-15-13-24-11-10-23(3)39-34(24)36(29)40-35(28)30/h7-20H,1-6H3. The van der Waals surface area contributed by atoms with Crippen molar-refractivity contribution in [3.05, 3.63) is 107 Å². The van der Waals surface area contributed by atoms with Crippen molar-refractivity contribution in [2.24, 2.45) is 0 Å². The zero-order chi connectivity index (χ0) is 27.8. The molecule has 0 bridgehead atoms. The van der Waals surface area contributed by atoms with Crippen LogP contribution in [0.2, 0.25) is 0 Å². The molecule has 4 aromatic carbocycles. The van der Waals surface area contributed by atoms with Crippen LogP contribution >= 0.6 is 0 Å². The highest BCUT2D eigenvalue weighted by atomic mass is 16.3. The van der Waals surface area contributed by atoms with Crippen LogP contribution in [0.3, 0.4) is 0 Å². The molecular formula is C37H32N2O. The molecule has 40 heavy (non-hydrogen) atoms. The number of pyridine rings is 2. The number of benzene rings is 4. The lowest BCUT2D eigenvalue weighted by atomic mass is 9.85. The van der Waals surface area contributed by atoms with E-state index in [9.17, 15) is 0 Å². The Labute approximate surface area is 234 Å². The molecule has 0 unspecified atom stereocenters. The molecule has 0 fully saturated rings. The number of aryl methyl sites for hydroxylation is 3. The van der Waals surface area contributed by atoms with Gasteiger partial charge in [-0.2, -0.15) is 0 Å². The van der Waals surface area contributed by atoms with Crippen LogP contribution < -0.4 is 0 Å². The van der Waals surface area contributed by atoms with E-state index in [0.29, 0.717) is 0 Å². The first-order valence-electron chi connectivity index (χ1n) is 13.9. The first-order chi connectivity index (χ1) is 19.2. The van der Waals surface area contributed by atoms with E-state index in [1.807, 2.05) is 19.2 Å². The van der Waals surface area contributed by atoms with Crippen molar-refractivity contribution in [3.63, 3.8) is 0 Å². The van der Waals surface area contributed by atoms with E-state index >= 15 is 0 Å². The Bertz CT molecular complexity index is 2130. The van der Waals surface area contributed by atoms with Gasteiger partial charge in [-0.3, -0.25) is 4.98 Å². The third-order valence-electron chi connectivity index (χ3n) is 8.18. The number of furan rings is 1. The van der Waals surface area contributed by atoms with Gasteiger partial charge in [0.1, 0.15) is 11.1 Å². The monoisotopic (exact) mass is 520 g/mol. The Hall–Kier alpha value is -4.50. The summed E-state index contributed by atoms with van der Waals surface area (Å²) in [6.45, 7) is 13.2. The molecule has 196 valence electrons. The lowest BCUT2D eigenvalue weighted by Crippen LogP contribution is -2.10. The van der Waals surface area contributed by atoms with Gasteiger partial charge in [0.25, 0.3) is 0 Å². The van der Waals surface area contributed by atoms with Crippen molar-refractivity contribution < 1.29 is 4.42 Å². The molecule has 0 radical (unpaired) electrons. The van der Waals surface area contributed by atoms with E-state index in [4.69, 9.17) is 14.4 Å². The Balaban J connectivity index is 1.41. The Kier molecular flexibility index (Phi) is 5.37. The molecule has 0 amide bonds. The number of fused-ring (bicyclic) bond motifs is 6. The number of hydrogen-bond acceptors (Lipinski definition) is 3. The van der Waals surface area contributed by atoms with Gasteiger partial charge in [-0.1, -0.05) is 69.3 Å². The van der Waals surface area contributed by atoms with Gasteiger partial charge in [-0.05, 0) is 95.1 Å². The molecule has 3 heterocycles. The summed E-state index contributed by atoms with van der Waals surface area (Å²) in [6, 6.07) is 28.4. The van der Waals surface area contributed by atoms with Crippen LogP contribution in [0, 0.1) is 20.8 Å². The molecule has 0 atom stereocenters. The smallest absolute Gasteiger partial charge is 0.161 e. The van der Waals surface area contributed by atoms with E-state index < -0.39 is 0 Å². The molecule has 7 aromatic rings. The fraction of sp³-hybridized carbons (Fsp3) is 0.189. The minimum Gasteiger partial charge on any atom is -0.453 e. The third kappa shape index (κ3) is 3.88. The predicted molar refractivity (Wildman–Crippen MR) is 168 cm³/mol. The second kappa shape index (κ2) is 8.76. The van der Waals surface area contributed by atoms with Crippen LogP contribution in [-0.4, -0.2) is 9.97 Å². The topological polar surface area (TPSA) is 38.9 Å². The highest BCUT2D eigenvalue weighted by Crippen LogP contribution is 2.40. The zero-order valence-corrected chi connectivity index (χ0v) is 23.9. The van der Waals surface area contributed by atoms with Crippen molar-refractivity contribution in [3.8, 4) is 22.4 Å². The summed E-state index contributed by atoms with van der Waals surface area (Å²) in [5.41, 5.74) is 11.8. The lowest BCUT2D eigenvalue weighted by Gasteiger charge is -2.20. The molecule has 7 rings (SSSR count). The van der Waals surface area contributed by atoms with E-state index in [1.54, 1.807) is 0 Å². The van der Waals surface area contributed by atoms with Gasteiger partial charge in [-0.15, -0.1) is 0 Å². The summed E-state index contributed by atoms with van der Waals surface area (Å²) in [5.74, 6) is 0. The molecule has 3 aromatic heterocycles. The normalized spacial score (nSPS) is 12.2. The summed E-state index contributed by atoms with van der Waals surface area (Å²) in [4.78, 5) is 9.70. The quantitative estimate of drug-likeness (QED) is 0.228. The van der Waals surface area contributed by atoms with Crippen molar-refractivity contribution in [1.29, 1.82) is 0 Å². The van der Waals surface area contributed by atoms with Gasteiger partial charge in [0.15, 0.2) is 5.58 Å². The first-order valence-corrected chi connectivity index (χ1v) is 13.9. The molecule has 0 aliphatic rings. The van der Waals surface area contributed by atoms with Gasteiger partial charge in [0.2, 0.25) is 0 Å². The average Bonchev–Trinajstić information content (AvgIpc) is 3.32. The van der Waals surface area contributed by atoms with Crippen LogP contribution in [0.5, 0.6) is 0 Å². The maximum absolute atomic E-state index is 6.60. The predicted octanol–water partition coefficient (Wildman–Crippen LogP) is 10.2. The van der Waals surface area contributed by atoms with Gasteiger partial charge in [0, 0.05) is 33.6 Å². The fourth-order valence-electron chi connectivity index (χ4n) is 5.87. The van der Waals surface area contributed by atoms with Gasteiger partial charge < -0.3 is 4.42 Å². The molecule has 3 nitrogen and oxygen atoms in total. The fourth-order valence-corrected chi connectivity index (χ4v) is 5.87. The lowest BCUT2D eigenvalue weighted by molar-refractivity contribution is 0.591. The number of rotatable bonds is 2. The Morgan fingerprint density at radius 2 is 1.38 bits per heavy atom. The molecule has 0 saturated carbocycles. The van der Waals surface area contributed by atoms with Gasteiger partial charge in [-0.25, -0.2) is 4.98 Å². The molecule has 3 heteroatoms. The second-order valence-electron chi connectivity index (χ2n) is 12.1. The summed E-state index contributed by atoms with van der Waals surface area (Å²) in [6.07, 6.45) is 1.98. The molecule has 0 spiro atoms. The summed E-state index contributed by atoms with van der Waals surface area (Å²) >= 11 is 0. The number of para-hydroxylation sites is 1. The molecule has 0 saturated heterocycles. The van der Waals surface area contributed by atoms with Crippen molar-refractivity contribution in [2.45, 2.75) is 47.0 Å². The summed E-state index contributed by atoms with van der Waals surface area (Å²) in [7, 11) is 0. The highest BCUT2D eigenvalue weighted by molar-refractivity contribution is 6.16. The summed E-state index contributed by atoms with van der Waals surface area (Å²) < 4.78 is 6.60. The van der Waals surface area contributed by atoms with Crippen LogP contribution in [0.4, 0.5) is 0 Å². The van der Waals surface area contributed by atoms with E-state index in [0.717, 1.165) is 55.4 Å². The highest BCUT2D eigenvalue weighted by Gasteiger charge is 2.18. The van der Waals surface area contributed by atoms with Gasteiger partial charge >= 0.3 is 0 Å². The van der Waals surface area contributed by atoms with Crippen molar-refractivity contribution >= 4 is 43.6 Å². The largest absolute Gasteiger partial charge is 0.453 e. The Morgan fingerprint density at radius 1 is 0.625 bits per heavy atom. The number of hydrogen-bond donors (Lipinski definition) is 0. The van der Waals surface area contributed by atoms with E-state index in [-0.39, 0.29) is 5.41 Å². The maximum atomic E-state index is 6.60. The Morgan fingerprint density at radius 3 is 2.20 bits per heavy atom. The number of aromatic nitrogens is 2. The van der Waals surface area contributed by atoms with E-state index in [1.165, 1.54) is 33.0 Å².